The summed E-state index contributed by atoms with van der Waals surface area (Å²) in [4.78, 5) is 12.7. The van der Waals surface area contributed by atoms with E-state index in [0.717, 1.165) is 23.1 Å². The van der Waals surface area contributed by atoms with Crippen LogP contribution in [0, 0.1) is 13.8 Å². The summed E-state index contributed by atoms with van der Waals surface area (Å²) in [7, 11) is 0. The smallest absolute Gasteiger partial charge is 0.245 e. The first kappa shape index (κ1) is 20.0. The van der Waals surface area contributed by atoms with E-state index in [-0.39, 0.29) is 22.8 Å². The molecule has 0 aliphatic heterocycles. The van der Waals surface area contributed by atoms with E-state index in [0.29, 0.717) is 6.54 Å². The van der Waals surface area contributed by atoms with E-state index in [1.54, 1.807) is 0 Å². The second-order valence-electron chi connectivity index (χ2n) is 7.07. The highest BCUT2D eigenvalue weighted by atomic mass is 79.9. The monoisotopic (exact) mass is 435 g/mol. The highest BCUT2D eigenvalue weighted by Crippen LogP contribution is 2.19. The highest BCUT2D eigenvalue weighted by molar-refractivity contribution is 8.93. The Kier molecular flexibility index (Phi) is 6.10. The summed E-state index contributed by atoms with van der Waals surface area (Å²) in [6, 6.07) is 24.3. The summed E-state index contributed by atoms with van der Waals surface area (Å²) in [5.74, 6) is 0.123. The summed E-state index contributed by atoms with van der Waals surface area (Å²) in [6.45, 7) is 5.37. The second kappa shape index (κ2) is 8.53. The molecule has 0 atom stereocenters. The third-order valence-electron chi connectivity index (χ3n) is 5.09. The minimum atomic E-state index is 0. The average molecular weight is 436 g/mol. The highest BCUT2D eigenvalue weighted by Gasteiger charge is 2.20. The van der Waals surface area contributed by atoms with Gasteiger partial charge in [-0.15, -0.1) is 17.0 Å². The molecule has 0 amide bonds. The maximum Gasteiger partial charge on any atom is 0.245 e. The molecule has 0 radical (unpaired) electrons. The number of ketones is 1. The Morgan fingerprint density at radius 1 is 0.893 bits per heavy atom. The molecule has 142 valence electrons. The maximum atomic E-state index is 12.7. The summed E-state index contributed by atoms with van der Waals surface area (Å²) in [5.41, 5.74) is 6.74. The molecule has 4 aromatic rings. The summed E-state index contributed by atoms with van der Waals surface area (Å²) in [5, 5.41) is 0. The van der Waals surface area contributed by atoms with Crippen LogP contribution in [-0.2, 0) is 13.1 Å². The van der Waals surface area contributed by atoms with Crippen LogP contribution in [0.25, 0.3) is 11.0 Å². The Hall–Kier alpha value is -2.72. The minimum absolute atomic E-state index is 0. The predicted octanol–water partition coefficient (Wildman–Crippen LogP) is 5.05. The Morgan fingerprint density at radius 3 is 2.18 bits per heavy atom. The van der Waals surface area contributed by atoms with Crippen molar-refractivity contribution in [3.63, 3.8) is 0 Å². The van der Waals surface area contributed by atoms with Crippen molar-refractivity contribution in [3.05, 3.63) is 101 Å². The van der Waals surface area contributed by atoms with Gasteiger partial charge in [-0.05, 0) is 42.7 Å². The Bertz CT molecular complexity index is 1100. The number of nitrogens with zero attached hydrogens (tertiary/aromatic N) is 2. The minimum Gasteiger partial charge on any atom is -0.290 e. The summed E-state index contributed by atoms with van der Waals surface area (Å²) < 4.78 is 4.30. The van der Waals surface area contributed by atoms with Crippen molar-refractivity contribution >= 4 is 33.8 Å². The van der Waals surface area contributed by atoms with Crippen LogP contribution < -0.4 is 4.57 Å². The molecule has 4 rings (SSSR count). The fourth-order valence-corrected chi connectivity index (χ4v) is 3.44. The Labute approximate surface area is 176 Å². The van der Waals surface area contributed by atoms with Gasteiger partial charge in [-0.1, -0.05) is 60.7 Å². The number of benzene rings is 3. The van der Waals surface area contributed by atoms with Crippen molar-refractivity contribution in [2.45, 2.75) is 26.9 Å². The van der Waals surface area contributed by atoms with Crippen molar-refractivity contribution in [1.82, 2.24) is 4.57 Å². The molecule has 3 nitrogen and oxygen atoms in total. The quantitative estimate of drug-likeness (QED) is 0.318. The second-order valence-corrected chi connectivity index (χ2v) is 7.07. The van der Waals surface area contributed by atoms with Crippen LogP contribution >= 0.6 is 17.0 Å². The maximum absolute atomic E-state index is 12.7. The molecule has 0 N–H and O–H groups in total. The van der Waals surface area contributed by atoms with Gasteiger partial charge in [-0.2, -0.15) is 0 Å². The van der Waals surface area contributed by atoms with Crippen molar-refractivity contribution in [3.8, 4) is 0 Å². The number of aryl methyl sites for hydroxylation is 2. The van der Waals surface area contributed by atoms with E-state index in [4.69, 9.17) is 0 Å². The average Bonchev–Trinajstić information content (AvgIpc) is 3.00. The molecule has 0 saturated carbocycles. The lowest BCUT2D eigenvalue weighted by molar-refractivity contribution is -0.663. The molecule has 1 aromatic heterocycles. The topological polar surface area (TPSA) is 25.9 Å². The van der Waals surface area contributed by atoms with Crippen molar-refractivity contribution in [2.75, 3.05) is 0 Å². The van der Waals surface area contributed by atoms with Gasteiger partial charge in [0.25, 0.3) is 0 Å². The molecular weight excluding hydrogens is 412 g/mol. The van der Waals surface area contributed by atoms with Gasteiger partial charge in [0.15, 0.2) is 17.6 Å². The van der Waals surface area contributed by atoms with Crippen molar-refractivity contribution in [2.24, 2.45) is 0 Å². The molecule has 0 bridgehead atoms. The number of halogens is 1. The Balaban J connectivity index is 0.00000225. The molecule has 3 aromatic carbocycles. The predicted molar refractivity (Wildman–Crippen MR) is 118 cm³/mol. The number of fused-ring (bicyclic) bond motifs is 1. The number of carbonyl (C=O) groups is 1. The first-order valence-electron chi connectivity index (χ1n) is 9.23. The molecule has 0 spiro atoms. The van der Waals surface area contributed by atoms with E-state index >= 15 is 0 Å². The zero-order valence-corrected chi connectivity index (χ0v) is 17.8. The van der Waals surface area contributed by atoms with Crippen LogP contribution in [0.1, 0.15) is 27.0 Å². The first-order chi connectivity index (χ1) is 13.1. The van der Waals surface area contributed by atoms with E-state index in [2.05, 4.69) is 65.7 Å². The van der Waals surface area contributed by atoms with Crippen molar-refractivity contribution in [1.29, 1.82) is 0 Å². The normalized spacial score (nSPS) is 10.6. The fourth-order valence-electron chi connectivity index (χ4n) is 3.44. The molecule has 1 heterocycles. The van der Waals surface area contributed by atoms with Gasteiger partial charge in [0.05, 0.1) is 0 Å². The Morgan fingerprint density at radius 2 is 1.50 bits per heavy atom. The van der Waals surface area contributed by atoms with Crippen LogP contribution in [0.3, 0.4) is 0 Å². The van der Waals surface area contributed by atoms with Gasteiger partial charge in [0, 0.05) is 5.56 Å². The number of hydrogen-bond acceptors (Lipinski definition) is 1. The number of rotatable bonds is 5. The van der Waals surface area contributed by atoms with Gasteiger partial charge < -0.3 is 0 Å². The van der Waals surface area contributed by atoms with Gasteiger partial charge in [-0.25, -0.2) is 9.13 Å². The third kappa shape index (κ3) is 4.07. The lowest BCUT2D eigenvalue weighted by Gasteiger charge is -2.01. The van der Waals surface area contributed by atoms with Crippen LogP contribution in [0.5, 0.6) is 0 Å². The summed E-state index contributed by atoms with van der Waals surface area (Å²) >= 11 is 0. The van der Waals surface area contributed by atoms with Crippen LogP contribution in [0.15, 0.2) is 79.1 Å². The van der Waals surface area contributed by atoms with Gasteiger partial charge in [0.1, 0.15) is 6.54 Å². The number of aromatic nitrogens is 2. The lowest BCUT2D eigenvalue weighted by atomic mass is 10.1. The molecule has 0 unspecified atom stereocenters. The lowest BCUT2D eigenvalue weighted by Crippen LogP contribution is -2.33. The number of hydrogen-bond donors (Lipinski definition) is 0. The fraction of sp³-hybridized carbons (Fsp3) is 0.167. The molecule has 0 aliphatic rings. The molecular formula is C24H24BrN2O+. The molecule has 0 aliphatic carbocycles. The number of imidazole rings is 1. The first-order valence-corrected chi connectivity index (χ1v) is 9.23. The molecule has 28 heavy (non-hydrogen) atoms. The van der Waals surface area contributed by atoms with E-state index in [1.807, 2.05) is 36.4 Å². The zero-order chi connectivity index (χ0) is 18.8. The van der Waals surface area contributed by atoms with Crippen LogP contribution in [0.4, 0.5) is 0 Å². The number of carbonyl (C=O) groups excluding carboxylic acids is 1. The third-order valence-corrected chi connectivity index (χ3v) is 5.09. The molecule has 4 heteroatoms. The van der Waals surface area contributed by atoms with Crippen LogP contribution in [0.2, 0.25) is 0 Å². The molecule has 0 saturated heterocycles. The van der Waals surface area contributed by atoms with E-state index in [1.165, 1.54) is 16.7 Å². The van der Waals surface area contributed by atoms with Crippen molar-refractivity contribution < 1.29 is 9.36 Å². The van der Waals surface area contributed by atoms with Gasteiger partial charge in [0.2, 0.25) is 12.1 Å². The summed E-state index contributed by atoms with van der Waals surface area (Å²) in [6.07, 6.45) is 2.07. The SMILES string of the molecule is Br.Cc1cc2c(cc1C)[n+](Cc1ccccc1)cn2CC(=O)c1ccccc1. The van der Waals surface area contributed by atoms with E-state index in [9.17, 15) is 4.79 Å². The standard InChI is InChI=1S/C24H23N2O.BrH/c1-18-13-22-23(14-19(18)2)26(16-24(27)21-11-7-4-8-12-21)17-25(22)15-20-9-5-3-6-10-20;/h3-14,17H,15-16H2,1-2H3;1H/q+1;. The largest absolute Gasteiger partial charge is 0.290 e. The van der Waals surface area contributed by atoms with Crippen LogP contribution in [-0.4, -0.2) is 10.4 Å². The van der Waals surface area contributed by atoms with E-state index < -0.39 is 0 Å². The van der Waals surface area contributed by atoms with Gasteiger partial charge >= 0.3 is 0 Å². The van der Waals surface area contributed by atoms with Gasteiger partial charge in [-0.3, -0.25) is 4.79 Å². The zero-order valence-electron chi connectivity index (χ0n) is 16.1. The number of Topliss-reactive ketones (excluding diaryl/α,β-unsaturated/α-hetero) is 1. The molecule has 0 fully saturated rings.